The van der Waals surface area contributed by atoms with Crippen LogP contribution in [-0.2, 0) is 6.42 Å². The van der Waals surface area contributed by atoms with Crippen molar-refractivity contribution in [3.8, 4) is 0 Å². The zero-order valence-electron chi connectivity index (χ0n) is 12.2. The molecule has 2 aromatic rings. The molecule has 0 bridgehead atoms. The van der Waals surface area contributed by atoms with Crippen LogP contribution >= 0.6 is 11.6 Å². The zero-order valence-corrected chi connectivity index (χ0v) is 13.0. The summed E-state index contributed by atoms with van der Waals surface area (Å²) in [5.41, 5.74) is 3.89. The lowest BCUT2D eigenvalue weighted by Crippen LogP contribution is -2.21. The molecule has 0 aliphatic carbocycles. The van der Waals surface area contributed by atoms with Gasteiger partial charge in [0.1, 0.15) is 0 Å². The smallest absolute Gasteiger partial charge is 0.0411 e. The minimum Gasteiger partial charge on any atom is -0.310 e. The average Bonchev–Trinajstić information content (AvgIpc) is 2.43. The van der Waals surface area contributed by atoms with Gasteiger partial charge in [0.25, 0.3) is 0 Å². The number of nitrogens with one attached hydrogen (secondary N) is 1. The predicted molar refractivity (Wildman–Crippen MR) is 87.4 cm³/mol. The van der Waals surface area contributed by atoms with Crippen molar-refractivity contribution in [1.29, 1.82) is 0 Å². The van der Waals surface area contributed by atoms with Crippen LogP contribution in [-0.4, -0.2) is 6.54 Å². The van der Waals surface area contributed by atoms with Gasteiger partial charge in [-0.1, -0.05) is 54.9 Å². The van der Waals surface area contributed by atoms with Crippen LogP contribution in [0.1, 0.15) is 36.1 Å². The van der Waals surface area contributed by atoms with Crippen LogP contribution in [0, 0.1) is 6.92 Å². The molecule has 0 spiro atoms. The summed E-state index contributed by atoms with van der Waals surface area (Å²) in [6.07, 6.45) is 2.15. The average molecular weight is 288 g/mol. The Bertz CT molecular complexity index is 516. The van der Waals surface area contributed by atoms with E-state index < -0.39 is 0 Å². The molecule has 1 N–H and O–H groups in total. The quantitative estimate of drug-likeness (QED) is 0.794. The van der Waals surface area contributed by atoms with E-state index in [1.165, 1.54) is 16.7 Å². The first-order valence-electron chi connectivity index (χ1n) is 7.23. The highest BCUT2D eigenvalue weighted by molar-refractivity contribution is 6.30. The molecule has 2 aromatic carbocycles. The minimum absolute atomic E-state index is 0.359. The van der Waals surface area contributed by atoms with Crippen LogP contribution in [0.5, 0.6) is 0 Å². The summed E-state index contributed by atoms with van der Waals surface area (Å²) in [7, 11) is 0. The van der Waals surface area contributed by atoms with E-state index in [1.807, 2.05) is 6.07 Å². The van der Waals surface area contributed by atoms with E-state index in [-0.39, 0.29) is 0 Å². The van der Waals surface area contributed by atoms with Crippen LogP contribution in [0.2, 0.25) is 5.02 Å². The Kier molecular flexibility index (Phi) is 5.63. The predicted octanol–water partition coefficient (Wildman–Crippen LogP) is 4.93. The van der Waals surface area contributed by atoms with E-state index in [0.717, 1.165) is 24.4 Å². The van der Waals surface area contributed by atoms with Crippen molar-refractivity contribution in [2.75, 3.05) is 6.54 Å². The summed E-state index contributed by atoms with van der Waals surface area (Å²) < 4.78 is 0. The highest BCUT2D eigenvalue weighted by Gasteiger charge is 2.11. The number of hydrogen-bond acceptors (Lipinski definition) is 1. The summed E-state index contributed by atoms with van der Waals surface area (Å²) in [5, 5.41) is 4.39. The monoisotopic (exact) mass is 287 g/mol. The van der Waals surface area contributed by atoms with E-state index in [4.69, 9.17) is 11.6 Å². The van der Waals surface area contributed by atoms with Gasteiger partial charge in [-0.05, 0) is 55.1 Å². The van der Waals surface area contributed by atoms with Gasteiger partial charge < -0.3 is 5.32 Å². The zero-order chi connectivity index (χ0) is 14.4. The number of aryl methyl sites for hydroxylation is 2. The number of rotatable bonds is 6. The second-order valence-corrected chi connectivity index (χ2v) is 5.63. The highest BCUT2D eigenvalue weighted by atomic mass is 35.5. The van der Waals surface area contributed by atoms with E-state index in [2.05, 4.69) is 61.6 Å². The fourth-order valence-electron chi connectivity index (χ4n) is 2.55. The van der Waals surface area contributed by atoms with Crippen LogP contribution in [0.4, 0.5) is 0 Å². The Morgan fingerprint density at radius 1 is 1.10 bits per heavy atom. The van der Waals surface area contributed by atoms with Gasteiger partial charge in [0.2, 0.25) is 0 Å². The normalized spacial score (nSPS) is 12.3. The Morgan fingerprint density at radius 2 is 1.85 bits per heavy atom. The first-order valence-corrected chi connectivity index (χ1v) is 7.61. The molecule has 1 atom stereocenters. The molecule has 0 aromatic heterocycles. The molecule has 0 heterocycles. The largest absolute Gasteiger partial charge is 0.310 e. The van der Waals surface area contributed by atoms with E-state index in [9.17, 15) is 0 Å². The third-order valence-corrected chi connectivity index (χ3v) is 3.70. The third kappa shape index (κ3) is 4.36. The molecule has 2 heteroatoms. The van der Waals surface area contributed by atoms with E-state index in [1.54, 1.807) is 0 Å². The van der Waals surface area contributed by atoms with Crippen molar-refractivity contribution in [3.05, 3.63) is 70.2 Å². The molecule has 1 nitrogen and oxygen atoms in total. The molecular formula is C18H22ClN. The summed E-state index contributed by atoms with van der Waals surface area (Å²) in [4.78, 5) is 0. The summed E-state index contributed by atoms with van der Waals surface area (Å²) in [6.45, 7) is 5.20. The molecule has 106 valence electrons. The van der Waals surface area contributed by atoms with Crippen molar-refractivity contribution < 1.29 is 0 Å². The van der Waals surface area contributed by atoms with Gasteiger partial charge in [0.05, 0.1) is 0 Å². The Morgan fingerprint density at radius 3 is 2.50 bits per heavy atom. The van der Waals surface area contributed by atoms with Crippen LogP contribution in [0.25, 0.3) is 0 Å². The summed E-state index contributed by atoms with van der Waals surface area (Å²) in [6, 6.07) is 17.3. The van der Waals surface area contributed by atoms with Gasteiger partial charge >= 0.3 is 0 Å². The fraction of sp³-hybridized carbons (Fsp3) is 0.333. The Balaban J connectivity index is 2.10. The van der Waals surface area contributed by atoms with Crippen molar-refractivity contribution in [1.82, 2.24) is 5.32 Å². The van der Waals surface area contributed by atoms with Gasteiger partial charge in [0.15, 0.2) is 0 Å². The van der Waals surface area contributed by atoms with Gasteiger partial charge in [-0.25, -0.2) is 0 Å². The van der Waals surface area contributed by atoms with Crippen molar-refractivity contribution >= 4 is 11.6 Å². The maximum Gasteiger partial charge on any atom is 0.0411 e. The standard InChI is InChI=1S/C18H22ClN/c1-3-20-18(10-9-15-7-5-4-6-8-15)16-11-14(2)12-17(19)13-16/h4-8,11-13,18,20H,3,9-10H2,1-2H3. The molecule has 0 amide bonds. The molecule has 0 saturated carbocycles. The van der Waals surface area contributed by atoms with Crippen LogP contribution in [0.3, 0.4) is 0 Å². The minimum atomic E-state index is 0.359. The van der Waals surface area contributed by atoms with E-state index in [0.29, 0.717) is 6.04 Å². The lowest BCUT2D eigenvalue weighted by atomic mass is 9.97. The van der Waals surface area contributed by atoms with E-state index >= 15 is 0 Å². The molecular weight excluding hydrogens is 266 g/mol. The van der Waals surface area contributed by atoms with Gasteiger partial charge in [-0.2, -0.15) is 0 Å². The molecule has 0 aliphatic rings. The van der Waals surface area contributed by atoms with Crippen molar-refractivity contribution in [3.63, 3.8) is 0 Å². The van der Waals surface area contributed by atoms with Crippen LogP contribution in [0.15, 0.2) is 48.5 Å². The highest BCUT2D eigenvalue weighted by Crippen LogP contribution is 2.24. The first kappa shape index (κ1) is 15.1. The molecule has 1 unspecified atom stereocenters. The third-order valence-electron chi connectivity index (χ3n) is 3.48. The SMILES string of the molecule is CCNC(CCc1ccccc1)c1cc(C)cc(Cl)c1. The molecule has 0 saturated heterocycles. The topological polar surface area (TPSA) is 12.0 Å². The maximum absolute atomic E-state index is 6.18. The molecule has 20 heavy (non-hydrogen) atoms. The summed E-state index contributed by atoms with van der Waals surface area (Å²) in [5.74, 6) is 0. The molecule has 0 radical (unpaired) electrons. The fourth-order valence-corrected chi connectivity index (χ4v) is 2.85. The van der Waals surface area contributed by atoms with Crippen molar-refractivity contribution in [2.24, 2.45) is 0 Å². The maximum atomic E-state index is 6.18. The second-order valence-electron chi connectivity index (χ2n) is 5.20. The Hall–Kier alpha value is -1.31. The number of benzene rings is 2. The van der Waals surface area contributed by atoms with Gasteiger partial charge in [-0.15, -0.1) is 0 Å². The number of halogens is 1. The Labute approximate surface area is 127 Å². The summed E-state index contributed by atoms with van der Waals surface area (Å²) >= 11 is 6.18. The second kappa shape index (κ2) is 7.47. The lowest BCUT2D eigenvalue weighted by Gasteiger charge is -2.19. The molecule has 0 aliphatic heterocycles. The molecule has 2 rings (SSSR count). The van der Waals surface area contributed by atoms with Gasteiger partial charge in [-0.3, -0.25) is 0 Å². The first-order chi connectivity index (χ1) is 9.69. The lowest BCUT2D eigenvalue weighted by molar-refractivity contribution is 0.515. The van der Waals surface area contributed by atoms with Crippen molar-refractivity contribution in [2.45, 2.75) is 32.7 Å². The van der Waals surface area contributed by atoms with Gasteiger partial charge in [0, 0.05) is 11.1 Å². The number of hydrogen-bond donors (Lipinski definition) is 1. The van der Waals surface area contributed by atoms with Crippen LogP contribution < -0.4 is 5.32 Å². The molecule has 0 fully saturated rings.